The molecule has 11 heteroatoms. The fraction of sp³-hybridized carbons (Fsp3) is 0.278. The summed E-state index contributed by atoms with van der Waals surface area (Å²) >= 11 is 3.46. The lowest BCUT2D eigenvalue weighted by Crippen LogP contribution is -2.53. The second kappa shape index (κ2) is 15.5. The number of carbonyl (C=O) groups is 2. The molecular formula is C36H38BrN3O6S. The third-order valence-electron chi connectivity index (χ3n) is 7.65. The first-order valence-electron chi connectivity index (χ1n) is 15.4. The SMILES string of the molecule is CC(C)CNC(=O)[C@@H](Cc1ccccc1)N(Cc1ccc(Br)cc1)C(=O)CN(c1ccc2c(c1)OCCO2)S(=O)(=O)c1ccccc1. The second-order valence-electron chi connectivity index (χ2n) is 11.6. The number of anilines is 1. The number of carbonyl (C=O) groups excluding carboxylic acids is 2. The molecule has 4 aromatic rings. The molecule has 5 rings (SSSR count). The van der Waals surface area contributed by atoms with Crippen LogP contribution < -0.4 is 19.1 Å². The van der Waals surface area contributed by atoms with E-state index in [2.05, 4.69) is 21.2 Å². The number of rotatable bonds is 13. The number of sulfonamides is 1. The molecule has 0 bridgehead atoms. The highest BCUT2D eigenvalue weighted by atomic mass is 79.9. The lowest BCUT2D eigenvalue weighted by Gasteiger charge is -2.34. The fourth-order valence-corrected chi connectivity index (χ4v) is 6.89. The van der Waals surface area contributed by atoms with Gasteiger partial charge in [-0.25, -0.2) is 8.42 Å². The van der Waals surface area contributed by atoms with Crippen molar-refractivity contribution in [2.75, 3.05) is 30.6 Å². The minimum absolute atomic E-state index is 0.0256. The van der Waals surface area contributed by atoms with Crippen molar-refractivity contribution >= 4 is 43.5 Å². The predicted molar refractivity (Wildman–Crippen MR) is 185 cm³/mol. The molecule has 9 nitrogen and oxygen atoms in total. The molecule has 1 aliphatic heterocycles. The van der Waals surface area contributed by atoms with Crippen molar-refractivity contribution in [3.8, 4) is 11.5 Å². The van der Waals surface area contributed by atoms with Crippen LogP contribution in [0.4, 0.5) is 5.69 Å². The Morgan fingerprint density at radius 2 is 1.47 bits per heavy atom. The maximum absolute atomic E-state index is 14.6. The van der Waals surface area contributed by atoms with Gasteiger partial charge < -0.3 is 19.7 Å². The Morgan fingerprint density at radius 3 is 2.13 bits per heavy atom. The molecule has 0 fully saturated rings. The van der Waals surface area contributed by atoms with Gasteiger partial charge in [-0.15, -0.1) is 0 Å². The summed E-state index contributed by atoms with van der Waals surface area (Å²) < 4.78 is 41.8. The summed E-state index contributed by atoms with van der Waals surface area (Å²) in [5.74, 6) is 0.211. The van der Waals surface area contributed by atoms with Crippen molar-refractivity contribution < 1.29 is 27.5 Å². The smallest absolute Gasteiger partial charge is 0.264 e. The van der Waals surface area contributed by atoms with E-state index < -0.39 is 28.5 Å². The summed E-state index contributed by atoms with van der Waals surface area (Å²) in [6.45, 7) is 4.64. The molecule has 0 saturated heterocycles. The van der Waals surface area contributed by atoms with E-state index in [4.69, 9.17) is 9.47 Å². The van der Waals surface area contributed by atoms with Gasteiger partial charge in [-0.3, -0.25) is 13.9 Å². The zero-order valence-electron chi connectivity index (χ0n) is 26.3. The summed E-state index contributed by atoms with van der Waals surface area (Å²) in [4.78, 5) is 30.0. The molecule has 1 aliphatic rings. The number of fused-ring (bicyclic) bond motifs is 1. The van der Waals surface area contributed by atoms with E-state index in [1.54, 1.807) is 36.4 Å². The van der Waals surface area contributed by atoms with Crippen LogP contribution in [0, 0.1) is 5.92 Å². The van der Waals surface area contributed by atoms with Crippen LogP contribution in [0.15, 0.2) is 112 Å². The van der Waals surface area contributed by atoms with Crippen molar-refractivity contribution in [2.24, 2.45) is 5.92 Å². The van der Waals surface area contributed by atoms with Crippen molar-refractivity contribution in [1.82, 2.24) is 10.2 Å². The van der Waals surface area contributed by atoms with Gasteiger partial charge >= 0.3 is 0 Å². The highest BCUT2D eigenvalue weighted by Crippen LogP contribution is 2.36. The lowest BCUT2D eigenvalue weighted by atomic mass is 10.0. The Morgan fingerprint density at radius 1 is 0.830 bits per heavy atom. The Hall–Kier alpha value is -4.35. The monoisotopic (exact) mass is 719 g/mol. The molecule has 0 spiro atoms. The van der Waals surface area contributed by atoms with Gasteiger partial charge in [-0.05, 0) is 53.4 Å². The maximum Gasteiger partial charge on any atom is 0.264 e. The molecular weight excluding hydrogens is 682 g/mol. The molecule has 4 aromatic carbocycles. The van der Waals surface area contributed by atoms with E-state index in [-0.39, 0.29) is 35.4 Å². The average molecular weight is 721 g/mol. The van der Waals surface area contributed by atoms with Crippen molar-refractivity contribution in [2.45, 2.75) is 37.8 Å². The van der Waals surface area contributed by atoms with Gasteiger partial charge in [-0.2, -0.15) is 0 Å². The van der Waals surface area contributed by atoms with Gasteiger partial charge in [0.25, 0.3) is 10.0 Å². The minimum atomic E-state index is -4.23. The maximum atomic E-state index is 14.6. The number of benzene rings is 4. The minimum Gasteiger partial charge on any atom is -0.486 e. The van der Waals surface area contributed by atoms with Crippen LogP contribution in [-0.4, -0.2) is 57.5 Å². The molecule has 0 unspecified atom stereocenters. The molecule has 246 valence electrons. The molecule has 0 aliphatic carbocycles. The zero-order valence-corrected chi connectivity index (χ0v) is 28.7. The van der Waals surface area contributed by atoms with E-state index in [0.717, 1.165) is 19.9 Å². The summed E-state index contributed by atoms with van der Waals surface area (Å²) in [5, 5.41) is 3.01. The largest absolute Gasteiger partial charge is 0.486 e. The van der Waals surface area contributed by atoms with Gasteiger partial charge in [0.1, 0.15) is 25.8 Å². The van der Waals surface area contributed by atoms with Gasteiger partial charge in [0.15, 0.2) is 11.5 Å². The van der Waals surface area contributed by atoms with Crippen LogP contribution in [0.5, 0.6) is 11.5 Å². The number of ether oxygens (including phenoxy) is 2. The van der Waals surface area contributed by atoms with E-state index >= 15 is 0 Å². The zero-order chi connectivity index (χ0) is 33.4. The highest BCUT2D eigenvalue weighted by Gasteiger charge is 2.35. The highest BCUT2D eigenvalue weighted by molar-refractivity contribution is 9.10. The Labute approximate surface area is 284 Å². The van der Waals surface area contributed by atoms with E-state index in [0.29, 0.717) is 31.3 Å². The second-order valence-corrected chi connectivity index (χ2v) is 14.4. The number of nitrogens with one attached hydrogen (secondary N) is 1. The van der Waals surface area contributed by atoms with Gasteiger partial charge in [0.05, 0.1) is 10.6 Å². The number of halogens is 1. The first-order valence-corrected chi connectivity index (χ1v) is 17.7. The first kappa shape index (κ1) is 34.0. The molecule has 0 radical (unpaired) electrons. The van der Waals surface area contributed by atoms with Crippen LogP contribution in [0.1, 0.15) is 25.0 Å². The summed E-state index contributed by atoms with van der Waals surface area (Å²) in [6, 6.07) is 28.8. The van der Waals surface area contributed by atoms with E-state index in [9.17, 15) is 18.0 Å². The molecule has 1 N–H and O–H groups in total. The standard InChI is InChI=1S/C36H38BrN3O6S/c1-26(2)23-38-36(42)32(21-27-9-5-3-6-10-27)39(24-28-13-15-29(37)16-14-28)35(41)25-40(47(43,44)31-11-7-4-8-12-31)30-17-18-33-34(22-30)46-20-19-45-33/h3-18,22,26,32H,19-21,23-25H2,1-2H3,(H,38,42)/t32-/m1/s1. The Balaban J connectivity index is 1.57. The number of hydrogen-bond donors (Lipinski definition) is 1. The first-order chi connectivity index (χ1) is 22.6. The average Bonchev–Trinajstić information content (AvgIpc) is 3.09. The predicted octanol–water partition coefficient (Wildman–Crippen LogP) is 5.83. The number of nitrogens with zero attached hydrogens (tertiary/aromatic N) is 2. The van der Waals surface area contributed by atoms with Crippen LogP contribution in [0.3, 0.4) is 0 Å². The van der Waals surface area contributed by atoms with Gasteiger partial charge in [-0.1, -0.05) is 90.4 Å². The molecule has 47 heavy (non-hydrogen) atoms. The summed E-state index contributed by atoms with van der Waals surface area (Å²) in [5.41, 5.74) is 1.89. The van der Waals surface area contributed by atoms with Crippen LogP contribution >= 0.6 is 15.9 Å². The van der Waals surface area contributed by atoms with Crippen LogP contribution in [-0.2, 0) is 32.6 Å². The summed E-state index contributed by atoms with van der Waals surface area (Å²) in [6.07, 6.45) is 0.239. The third kappa shape index (κ3) is 8.72. The number of hydrogen-bond acceptors (Lipinski definition) is 6. The fourth-order valence-electron chi connectivity index (χ4n) is 5.20. The van der Waals surface area contributed by atoms with Crippen molar-refractivity contribution in [1.29, 1.82) is 0 Å². The quantitative estimate of drug-likeness (QED) is 0.187. The molecule has 0 saturated carbocycles. The third-order valence-corrected chi connectivity index (χ3v) is 9.96. The van der Waals surface area contributed by atoms with Crippen molar-refractivity contribution in [3.63, 3.8) is 0 Å². The molecule has 0 aromatic heterocycles. The topological polar surface area (TPSA) is 105 Å². The molecule has 2 amide bonds. The normalized spacial score (nSPS) is 13.1. The Kier molecular flexibility index (Phi) is 11.2. The van der Waals surface area contributed by atoms with Crippen molar-refractivity contribution in [3.05, 3.63) is 119 Å². The van der Waals surface area contributed by atoms with Crippen LogP contribution in [0.2, 0.25) is 0 Å². The van der Waals surface area contributed by atoms with Gasteiger partial charge in [0, 0.05) is 30.0 Å². The Bertz CT molecular complexity index is 1770. The molecule has 1 heterocycles. The van der Waals surface area contributed by atoms with E-state index in [1.807, 2.05) is 68.4 Å². The number of amides is 2. The van der Waals surface area contributed by atoms with Crippen LogP contribution in [0.25, 0.3) is 0 Å². The molecule has 1 atom stereocenters. The lowest BCUT2D eigenvalue weighted by molar-refractivity contribution is -0.140. The summed E-state index contributed by atoms with van der Waals surface area (Å²) in [7, 11) is -4.23. The van der Waals surface area contributed by atoms with Gasteiger partial charge in [0.2, 0.25) is 11.8 Å². The van der Waals surface area contributed by atoms with E-state index in [1.165, 1.54) is 17.0 Å².